The molecule has 0 spiro atoms. The van der Waals surface area contributed by atoms with Crippen molar-refractivity contribution in [1.29, 1.82) is 0 Å². The van der Waals surface area contributed by atoms with E-state index in [1.54, 1.807) is 24.3 Å². The number of aldehydes is 1. The number of aromatic amines is 2. The van der Waals surface area contributed by atoms with Gasteiger partial charge in [-0.25, -0.2) is 9.97 Å². The molecule has 2 aromatic carbocycles. The first-order valence-corrected chi connectivity index (χ1v) is 10.5. The van der Waals surface area contributed by atoms with Crippen molar-refractivity contribution in [2.75, 3.05) is 6.61 Å². The Bertz CT molecular complexity index is 1330. The molecule has 0 saturated heterocycles. The minimum absolute atomic E-state index is 0.0577. The topological polar surface area (TPSA) is 129 Å². The van der Waals surface area contributed by atoms with Gasteiger partial charge in [0.2, 0.25) is 0 Å². The molecule has 2 heterocycles. The van der Waals surface area contributed by atoms with Gasteiger partial charge in [0, 0.05) is 24.9 Å². The normalized spacial score (nSPS) is 12.7. The van der Waals surface area contributed by atoms with Crippen LogP contribution in [0, 0.1) is 0 Å². The highest BCUT2D eigenvalue weighted by Gasteiger charge is 2.10. The molecule has 0 saturated carbocycles. The zero-order chi connectivity index (χ0) is 23.1. The molecule has 166 valence electrons. The van der Waals surface area contributed by atoms with Crippen LogP contribution in [0.15, 0.2) is 58.1 Å². The highest BCUT2D eigenvalue weighted by Crippen LogP contribution is 2.16. The second kappa shape index (κ2) is 10.6. The number of hydrogen-bond donors (Lipinski definition) is 3. The molecular weight excluding hydrogens is 408 g/mol. The highest BCUT2D eigenvalue weighted by molar-refractivity contribution is 5.77. The van der Waals surface area contributed by atoms with Crippen LogP contribution in [0.25, 0.3) is 21.8 Å². The van der Waals surface area contributed by atoms with Crippen LogP contribution in [0.2, 0.25) is 0 Å². The van der Waals surface area contributed by atoms with E-state index in [1.165, 1.54) is 0 Å². The van der Waals surface area contributed by atoms with Gasteiger partial charge in [0.15, 0.2) is 0 Å². The predicted octanol–water partition coefficient (Wildman–Crippen LogP) is 3.02. The quantitative estimate of drug-likeness (QED) is 0.400. The van der Waals surface area contributed by atoms with Crippen LogP contribution in [0.3, 0.4) is 0 Å². The maximum atomic E-state index is 11.8. The number of carbonyl (C=O) groups excluding carboxylic acids is 1. The Kier molecular flexibility index (Phi) is 7.62. The van der Waals surface area contributed by atoms with Gasteiger partial charge in [-0.1, -0.05) is 38.1 Å². The first-order valence-electron chi connectivity index (χ1n) is 10.5. The number of nitrogens with zero attached hydrogens (tertiary/aromatic N) is 2. The van der Waals surface area contributed by atoms with Crippen molar-refractivity contribution >= 4 is 28.1 Å². The van der Waals surface area contributed by atoms with Gasteiger partial charge in [-0.3, -0.25) is 9.59 Å². The Morgan fingerprint density at radius 3 is 1.78 bits per heavy atom. The second-order valence-electron chi connectivity index (χ2n) is 7.65. The third kappa shape index (κ3) is 5.33. The molecule has 0 fully saturated rings. The van der Waals surface area contributed by atoms with Gasteiger partial charge in [0.1, 0.15) is 17.9 Å². The van der Waals surface area contributed by atoms with E-state index in [9.17, 15) is 14.4 Å². The minimum atomic E-state index is -0.154. The zero-order valence-electron chi connectivity index (χ0n) is 18.0. The number of aliphatic hydroxyl groups excluding tert-OH is 1. The Morgan fingerprint density at radius 2 is 1.31 bits per heavy atom. The van der Waals surface area contributed by atoms with Crippen LogP contribution in [0.5, 0.6) is 0 Å². The number of H-pyrrole nitrogens is 2. The van der Waals surface area contributed by atoms with E-state index < -0.39 is 0 Å². The third-order valence-corrected chi connectivity index (χ3v) is 5.21. The summed E-state index contributed by atoms with van der Waals surface area (Å²) in [6, 6.07) is 14.4. The lowest BCUT2D eigenvalue weighted by atomic mass is 10.1. The molecule has 32 heavy (non-hydrogen) atoms. The van der Waals surface area contributed by atoms with Crippen LogP contribution in [0.1, 0.15) is 50.2 Å². The van der Waals surface area contributed by atoms with Gasteiger partial charge >= 0.3 is 0 Å². The van der Waals surface area contributed by atoms with Crippen molar-refractivity contribution < 1.29 is 9.90 Å². The van der Waals surface area contributed by atoms with Gasteiger partial charge in [0.05, 0.1) is 21.8 Å². The lowest BCUT2D eigenvalue weighted by molar-refractivity contribution is -0.108. The molecule has 4 rings (SSSR count). The molecule has 2 atom stereocenters. The average molecular weight is 434 g/mol. The molecule has 4 aromatic rings. The Hall–Kier alpha value is -3.65. The van der Waals surface area contributed by atoms with E-state index in [0.717, 1.165) is 6.29 Å². The van der Waals surface area contributed by atoms with Crippen molar-refractivity contribution in [3.63, 3.8) is 0 Å². The minimum Gasteiger partial charge on any atom is -0.396 e. The lowest BCUT2D eigenvalue weighted by Gasteiger charge is -2.09. The Labute approximate surface area is 184 Å². The van der Waals surface area contributed by atoms with E-state index in [4.69, 9.17) is 5.11 Å². The van der Waals surface area contributed by atoms with E-state index in [2.05, 4.69) is 19.9 Å². The summed E-state index contributed by atoms with van der Waals surface area (Å²) in [5, 5.41) is 10.0. The first kappa shape index (κ1) is 23.0. The fourth-order valence-corrected chi connectivity index (χ4v) is 3.26. The fraction of sp³-hybridized carbons (Fsp3) is 0.292. The zero-order valence-corrected chi connectivity index (χ0v) is 18.0. The van der Waals surface area contributed by atoms with Crippen molar-refractivity contribution in [2.24, 2.45) is 0 Å². The van der Waals surface area contributed by atoms with Gasteiger partial charge in [-0.15, -0.1) is 0 Å². The van der Waals surface area contributed by atoms with Crippen LogP contribution >= 0.6 is 0 Å². The SMILES string of the molecule is CC(CC=O)c1nc2ccccc2c(=O)[nH]1.CC(CCO)c1nc2ccccc2c(=O)[nH]1. The van der Waals surface area contributed by atoms with Crippen LogP contribution < -0.4 is 11.1 Å². The average Bonchev–Trinajstić information content (AvgIpc) is 2.80. The molecule has 3 N–H and O–H groups in total. The summed E-state index contributed by atoms with van der Waals surface area (Å²) in [4.78, 5) is 48.1. The number of hydrogen-bond acceptors (Lipinski definition) is 6. The molecule has 0 radical (unpaired) electrons. The van der Waals surface area contributed by atoms with Gasteiger partial charge < -0.3 is 19.9 Å². The molecule has 0 aliphatic carbocycles. The summed E-state index contributed by atoms with van der Waals surface area (Å²) in [5.74, 6) is 1.20. The van der Waals surface area contributed by atoms with Crippen molar-refractivity contribution in [2.45, 2.75) is 38.5 Å². The fourth-order valence-electron chi connectivity index (χ4n) is 3.26. The number of carbonyl (C=O) groups is 1. The van der Waals surface area contributed by atoms with Crippen molar-refractivity contribution in [1.82, 2.24) is 19.9 Å². The second-order valence-corrected chi connectivity index (χ2v) is 7.65. The molecule has 0 bridgehead atoms. The molecule has 0 aliphatic heterocycles. The number of aromatic nitrogens is 4. The molecule has 2 aromatic heterocycles. The predicted molar refractivity (Wildman–Crippen MR) is 124 cm³/mol. The largest absolute Gasteiger partial charge is 0.396 e. The molecule has 8 nitrogen and oxygen atoms in total. The third-order valence-electron chi connectivity index (χ3n) is 5.21. The first-order chi connectivity index (χ1) is 15.4. The summed E-state index contributed by atoms with van der Waals surface area (Å²) in [7, 11) is 0. The van der Waals surface area contributed by atoms with E-state index in [-0.39, 0.29) is 29.6 Å². The number of benzene rings is 2. The number of aliphatic hydroxyl groups is 1. The standard InChI is InChI=1S/C12H14N2O2.C12H12N2O2/c2*1-8(6-7-15)11-13-10-5-3-2-4-9(10)12(16)14-11/h2-5,8,15H,6-7H2,1H3,(H,13,14,16);2-5,7-8H,6H2,1H3,(H,13,14,16). The molecule has 0 aliphatic rings. The number of fused-ring (bicyclic) bond motifs is 2. The summed E-state index contributed by atoms with van der Waals surface area (Å²) in [5.41, 5.74) is 1.09. The molecule has 0 amide bonds. The summed E-state index contributed by atoms with van der Waals surface area (Å²) < 4.78 is 0. The number of rotatable bonds is 6. The molecular formula is C24H26N4O4. The monoisotopic (exact) mass is 434 g/mol. The Morgan fingerprint density at radius 1 is 0.844 bits per heavy atom. The summed E-state index contributed by atoms with van der Waals surface area (Å²) >= 11 is 0. The Balaban J connectivity index is 0.000000181. The number of para-hydroxylation sites is 2. The van der Waals surface area contributed by atoms with Crippen LogP contribution in [0.4, 0.5) is 0 Å². The van der Waals surface area contributed by atoms with Crippen molar-refractivity contribution in [3.05, 3.63) is 80.9 Å². The van der Waals surface area contributed by atoms with E-state index >= 15 is 0 Å². The molecule has 8 heteroatoms. The van der Waals surface area contributed by atoms with Crippen LogP contribution in [-0.2, 0) is 4.79 Å². The number of nitrogens with one attached hydrogen (secondary N) is 2. The van der Waals surface area contributed by atoms with Gasteiger partial charge in [0.25, 0.3) is 11.1 Å². The molecule has 2 unspecified atom stereocenters. The van der Waals surface area contributed by atoms with Gasteiger partial charge in [-0.05, 0) is 30.7 Å². The maximum Gasteiger partial charge on any atom is 0.258 e. The summed E-state index contributed by atoms with van der Waals surface area (Å²) in [6.07, 6.45) is 1.79. The van der Waals surface area contributed by atoms with Crippen LogP contribution in [-0.4, -0.2) is 37.9 Å². The van der Waals surface area contributed by atoms with Gasteiger partial charge in [-0.2, -0.15) is 0 Å². The maximum absolute atomic E-state index is 11.8. The van der Waals surface area contributed by atoms with Crippen molar-refractivity contribution in [3.8, 4) is 0 Å². The van der Waals surface area contributed by atoms with E-state index in [1.807, 2.05) is 38.1 Å². The summed E-state index contributed by atoms with van der Waals surface area (Å²) in [6.45, 7) is 3.89. The van der Waals surface area contributed by atoms with E-state index in [0.29, 0.717) is 46.3 Å². The smallest absolute Gasteiger partial charge is 0.258 e. The highest BCUT2D eigenvalue weighted by atomic mass is 16.3. The lowest BCUT2D eigenvalue weighted by Crippen LogP contribution is -2.14.